The second-order valence-electron chi connectivity index (χ2n) is 6.53. The van der Waals surface area contributed by atoms with Crippen LogP contribution in [-0.4, -0.2) is 25.8 Å². The number of hydrogen-bond acceptors (Lipinski definition) is 2. The van der Waals surface area contributed by atoms with Gasteiger partial charge in [0, 0.05) is 18.7 Å². The third kappa shape index (κ3) is 3.18. The van der Waals surface area contributed by atoms with Crippen LogP contribution in [0.4, 0.5) is 0 Å². The fourth-order valence-corrected chi connectivity index (χ4v) is 5.23. The third-order valence-corrected chi connectivity index (χ3v) is 6.93. The summed E-state index contributed by atoms with van der Waals surface area (Å²) in [4.78, 5) is 0.386. The molecule has 0 bridgehead atoms. The minimum atomic E-state index is -3.55. The molecule has 132 valence electrons. The van der Waals surface area contributed by atoms with Crippen LogP contribution >= 0.6 is 0 Å². The van der Waals surface area contributed by atoms with Crippen molar-refractivity contribution in [1.82, 2.24) is 4.31 Å². The minimum absolute atomic E-state index is 0.386. The van der Waals surface area contributed by atoms with Gasteiger partial charge in [0.15, 0.2) is 0 Å². The van der Waals surface area contributed by atoms with Gasteiger partial charge >= 0.3 is 0 Å². The van der Waals surface area contributed by atoms with Gasteiger partial charge in [-0.05, 0) is 35.6 Å². The van der Waals surface area contributed by atoms with Crippen molar-refractivity contribution in [3.05, 3.63) is 90.0 Å². The van der Waals surface area contributed by atoms with Crippen molar-refractivity contribution < 1.29 is 8.42 Å². The van der Waals surface area contributed by atoms with Gasteiger partial charge in [-0.15, -0.1) is 0 Å². The summed E-state index contributed by atoms with van der Waals surface area (Å²) in [6.07, 6.45) is 1.51. The second kappa shape index (κ2) is 7.06. The van der Waals surface area contributed by atoms with Gasteiger partial charge in [-0.2, -0.15) is 4.31 Å². The maximum Gasteiger partial charge on any atom is 0.243 e. The summed E-state index contributed by atoms with van der Waals surface area (Å²) >= 11 is 0. The molecule has 4 rings (SSSR count). The summed E-state index contributed by atoms with van der Waals surface area (Å²) in [7, 11) is -3.55. The molecule has 1 aliphatic heterocycles. The standard InChI is InChI=1S/C22H21NO2S/c24-26(25,23-16-14-18-8-4-5-9-19(18)15-17-23)22-13-7-6-12-21(22)20-10-2-1-3-11-20/h1-13H,14-17H2. The number of rotatable bonds is 3. The van der Waals surface area contributed by atoms with Crippen LogP contribution in [0.1, 0.15) is 11.1 Å². The van der Waals surface area contributed by atoms with Crippen molar-refractivity contribution >= 4 is 10.0 Å². The van der Waals surface area contributed by atoms with E-state index in [1.807, 2.05) is 54.6 Å². The lowest BCUT2D eigenvalue weighted by molar-refractivity contribution is 0.427. The Hall–Kier alpha value is -2.43. The van der Waals surface area contributed by atoms with E-state index in [-0.39, 0.29) is 0 Å². The molecular formula is C22H21NO2S. The molecule has 0 aromatic heterocycles. The van der Waals surface area contributed by atoms with Crippen LogP contribution in [0, 0.1) is 0 Å². The van der Waals surface area contributed by atoms with Crippen LogP contribution in [0.2, 0.25) is 0 Å². The van der Waals surface area contributed by atoms with Gasteiger partial charge in [-0.25, -0.2) is 8.42 Å². The Labute approximate surface area is 155 Å². The Morgan fingerprint density at radius 3 is 1.85 bits per heavy atom. The molecule has 0 saturated heterocycles. The maximum atomic E-state index is 13.4. The van der Waals surface area contributed by atoms with E-state index in [1.165, 1.54) is 11.1 Å². The lowest BCUT2D eigenvalue weighted by atomic mass is 10.0. The number of nitrogens with zero attached hydrogens (tertiary/aromatic N) is 1. The minimum Gasteiger partial charge on any atom is -0.207 e. The molecule has 0 unspecified atom stereocenters. The van der Waals surface area contributed by atoms with Gasteiger partial charge in [0.05, 0.1) is 4.90 Å². The van der Waals surface area contributed by atoms with E-state index in [0.29, 0.717) is 18.0 Å². The first kappa shape index (κ1) is 17.0. The van der Waals surface area contributed by atoms with E-state index in [2.05, 4.69) is 12.1 Å². The molecule has 3 nitrogen and oxygen atoms in total. The molecule has 0 radical (unpaired) electrons. The molecule has 0 amide bonds. The van der Waals surface area contributed by atoms with Crippen molar-refractivity contribution in [2.24, 2.45) is 0 Å². The zero-order chi connectivity index (χ0) is 18.0. The number of fused-ring (bicyclic) bond motifs is 1. The average Bonchev–Trinajstić information content (AvgIpc) is 2.92. The van der Waals surface area contributed by atoms with Crippen molar-refractivity contribution in [2.75, 3.05) is 13.1 Å². The molecule has 3 aromatic rings. The molecule has 0 spiro atoms. The summed E-state index contributed by atoms with van der Waals surface area (Å²) in [5.74, 6) is 0. The Kier molecular flexibility index (Phi) is 4.62. The van der Waals surface area contributed by atoms with E-state index in [1.54, 1.807) is 16.4 Å². The monoisotopic (exact) mass is 363 g/mol. The summed E-state index contributed by atoms with van der Waals surface area (Å²) < 4.78 is 28.5. The average molecular weight is 363 g/mol. The molecule has 0 aliphatic carbocycles. The lowest BCUT2D eigenvalue weighted by Gasteiger charge is -2.21. The van der Waals surface area contributed by atoms with Gasteiger partial charge in [0.2, 0.25) is 10.0 Å². The first-order valence-electron chi connectivity index (χ1n) is 8.87. The lowest BCUT2D eigenvalue weighted by Crippen LogP contribution is -2.33. The quantitative estimate of drug-likeness (QED) is 0.701. The summed E-state index contributed by atoms with van der Waals surface area (Å²) in [5, 5.41) is 0. The molecule has 0 atom stereocenters. The zero-order valence-electron chi connectivity index (χ0n) is 14.5. The molecule has 26 heavy (non-hydrogen) atoms. The van der Waals surface area contributed by atoms with Gasteiger partial charge in [0.1, 0.15) is 0 Å². The van der Waals surface area contributed by atoms with Crippen molar-refractivity contribution in [3.8, 4) is 11.1 Å². The highest BCUT2D eigenvalue weighted by molar-refractivity contribution is 7.89. The van der Waals surface area contributed by atoms with E-state index in [4.69, 9.17) is 0 Å². The Morgan fingerprint density at radius 1 is 0.654 bits per heavy atom. The predicted molar refractivity (Wildman–Crippen MR) is 104 cm³/mol. The first-order chi connectivity index (χ1) is 12.7. The van der Waals surface area contributed by atoms with Gasteiger partial charge in [-0.3, -0.25) is 0 Å². The molecule has 4 heteroatoms. The van der Waals surface area contributed by atoms with Crippen molar-refractivity contribution in [3.63, 3.8) is 0 Å². The molecule has 0 fully saturated rings. The van der Waals surface area contributed by atoms with E-state index >= 15 is 0 Å². The van der Waals surface area contributed by atoms with Gasteiger partial charge < -0.3 is 0 Å². The normalized spacial score (nSPS) is 15.2. The number of benzene rings is 3. The van der Waals surface area contributed by atoms with Crippen molar-refractivity contribution in [1.29, 1.82) is 0 Å². The second-order valence-corrected chi connectivity index (χ2v) is 8.44. The molecule has 1 heterocycles. The highest BCUT2D eigenvalue weighted by Gasteiger charge is 2.28. The van der Waals surface area contributed by atoms with Gasteiger partial charge in [-0.1, -0.05) is 72.8 Å². The van der Waals surface area contributed by atoms with Crippen LogP contribution in [0.5, 0.6) is 0 Å². The molecule has 1 aliphatic rings. The molecular weight excluding hydrogens is 342 g/mol. The highest BCUT2D eigenvalue weighted by atomic mass is 32.2. The Morgan fingerprint density at radius 2 is 1.19 bits per heavy atom. The molecule has 0 saturated carbocycles. The SMILES string of the molecule is O=S(=O)(c1ccccc1-c1ccccc1)N1CCc2ccccc2CC1. The van der Waals surface area contributed by atoms with Crippen LogP contribution < -0.4 is 0 Å². The topological polar surface area (TPSA) is 37.4 Å². The van der Waals surface area contributed by atoms with E-state index in [0.717, 1.165) is 24.0 Å². The number of hydrogen-bond donors (Lipinski definition) is 0. The fraction of sp³-hybridized carbons (Fsp3) is 0.182. The van der Waals surface area contributed by atoms with E-state index < -0.39 is 10.0 Å². The summed E-state index contributed by atoms with van der Waals surface area (Å²) in [5.41, 5.74) is 4.18. The molecule has 3 aromatic carbocycles. The number of sulfonamides is 1. The smallest absolute Gasteiger partial charge is 0.207 e. The van der Waals surface area contributed by atoms with Crippen LogP contribution in [0.25, 0.3) is 11.1 Å². The predicted octanol–water partition coefficient (Wildman–Crippen LogP) is 4.14. The fourth-order valence-electron chi connectivity index (χ4n) is 3.57. The van der Waals surface area contributed by atoms with Crippen LogP contribution in [0.3, 0.4) is 0 Å². The maximum absolute atomic E-state index is 13.4. The first-order valence-corrected chi connectivity index (χ1v) is 10.3. The Balaban J connectivity index is 1.70. The van der Waals surface area contributed by atoms with Crippen molar-refractivity contribution in [2.45, 2.75) is 17.7 Å². The van der Waals surface area contributed by atoms with Crippen LogP contribution in [-0.2, 0) is 22.9 Å². The summed E-state index contributed by atoms with van der Waals surface area (Å²) in [6.45, 7) is 1.03. The largest absolute Gasteiger partial charge is 0.243 e. The van der Waals surface area contributed by atoms with E-state index in [9.17, 15) is 8.42 Å². The van der Waals surface area contributed by atoms with Crippen LogP contribution in [0.15, 0.2) is 83.8 Å². The third-order valence-electron chi connectivity index (χ3n) is 4.97. The Bertz CT molecular complexity index is 986. The summed E-state index contributed by atoms with van der Waals surface area (Å²) in [6, 6.07) is 25.2. The zero-order valence-corrected chi connectivity index (χ0v) is 15.3. The highest BCUT2D eigenvalue weighted by Crippen LogP contribution is 2.30. The molecule has 0 N–H and O–H groups in total. The van der Waals surface area contributed by atoms with Gasteiger partial charge in [0.25, 0.3) is 0 Å².